The fourth-order valence-corrected chi connectivity index (χ4v) is 7.37. The average Bonchev–Trinajstić information content (AvgIpc) is 2.90. The standard InChI is InChI=1S/C32H22BNOS/c1-19-8-7-9-20(2)30(19)21-14-15-23-27(18-21)35-26-16-17-29-32-31(26)33(23)22-10-3-4-11-24(22)34(32)25-12-5-6-13-28(25)36-29/h3-18H,1-2H3. The molecule has 0 radical (unpaired) electrons. The maximum atomic E-state index is 6.71. The minimum Gasteiger partial charge on any atom is -0.458 e. The highest BCUT2D eigenvalue weighted by atomic mass is 32.2. The van der Waals surface area contributed by atoms with Crippen molar-refractivity contribution in [2.75, 3.05) is 4.90 Å². The lowest BCUT2D eigenvalue weighted by Crippen LogP contribution is -2.59. The second kappa shape index (κ2) is 7.31. The van der Waals surface area contributed by atoms with Crippen LogP contribution in [0.1, 0.15) is 11.1 Å². The van der Waals surface area contributed by atoms with Gasteiger partial charge in [0.2, 0.25) is 0 Å². The second-order valence-electron chi connectivity index (χ2n) is 9.84. The Morgan fingerprint density at radius 1 is 0.667 bits per heavy atom. The molecule has 0 spiro atoms. The molecule has 0 aliphatic carbocycles. The van der Waals surface area contributed by atoms with Crippen LogP contribution < -0.4 is 26.0 Å². The molecule has 0 atom stereocenters. The summed E-state index contributed by atoms with van der Waals surface area (Å²) in [6.07, 6.45) is 0. The van der Waals surface area contributed by atoms with E-state index in [0.717, 1.165) is 11.5 Å². The van der Waals surface area contributed by atoms with Gasteiger partial charge in [-0.15, -0.1) is 0 Å². The van der Waals surface area contributed by atoms with Crippen LogP contribution in [-0.4, -0.2) is 6.71 Å². The first-order chi connectivity index (χ1) is 17.7. The maximum Gasteiger partial charge on any atom is 0.256 e. The molecule has 170 valence electrons. The number of anilines is 3. The molecular formula is C32H22BNOS. The van der Waals surface area contributed by atoms with Gasteiger partial charge in [0, 0.05) is 15.5 Å². The van der Waals surface area contributed by atoms with Gasteiger partial charge in [-0.05, 0) is 88.9 Å². The molecule has 0 unspecified atom stereocenters. The average molecular weight is 479 g/mol. The van der Waals surface area contributed by atoms with E-state index in [2.05, 4.69) is 116 Å². The van der Waals surface area contributed by atoms with Crippen molar-refractivity contribution in [3.05, 3.63) is 108 Å². The molecule has 0 saturated heterocycles. The van der Waals surface area contributed by atoms with Gasteiger partial charge in [0.05, 0.1) is 11.4 Å². The van der Waals surface area contributed by atoms with E-state index in [1.165, 1.54) is 65.5 Å². The predicted molar refractivity (Wildman–Crippen MR) is 151 cm³/mol. The Hall–Kier alpha value is -3.89. The Bertz CT molecular complexity index is 1720. The first-order valence-corrected chi connectivity index (χ1v) is 13.2. The zero-order chi connectivity index (χ0) is 24.0. The number of nitrogens with zero attached hydrogens (tertiary/aromatic N) is 1. The molecule has 0 saturated carbocycles. The molecule has 3 aliphatic rings. The molecule has 36 heavy (non-hydrogen) atoms. The highest BCUT2D eigenvalue weighted by molar-refractivity contribution is 7.99. The van der Waals surface area contributed by atoms with Crippen molar-refractivity contribution in [2.45, 2.75) is 23.6 Å². The molecule has 3 heterocycles. The third kappa shape index (κ3) is 2.65. The third-order valence-electron chi connectivity index (χ3n) is 7.78. The summed E-state index contributed by atoms with van der Waals surface area (Å²) in [6, 6.07) is 35.3. The summed E-state index contributed by atoms with van der Waals surface area (Å²) < 4.78 is 6.71. The van der Waals surface area contributed by atoms with E-state index in [1.54, 1.807) is 0 Å². The van der Waals surface area contributed by atoms with Crippen molar-refractivity contribution in [3.8, 4) is 22.6 Å². The summed E-state index contributed by atoms with van der Waals surface area (Å²) >= 11 is 1.86. The minimum absolute atomic E-state index is 0.143. The highest BCUT2D eigenvalue weighted by Gasteiger charge is 2.44. The number of hydrogen-bond acceptors (Lipinski definition) is 3. The lowest BCUT2D eigenvalue weighted by Gasteiger charge is -2.43. The summed E-state index contributed by atoms with van der Waals surface area (Å²) in [5.41, 5.74) is 12.7. The van der Waals surface area contributed by atoms with Crippen LogP contribution in [0.25, 0.3) is 11.1 Å². The Labute approximate surface area is 215 Å². The Kier molecular flexibility index (Phi) is 4.13. The third-order valence-corrected chi connectivity index (χ3v) is 8.90. The van der Waals surface area contributed by atoms with Gasteiger partial charge in [-0.2, -0.15) is 0 Å². The van der Waals surface area contributed by atoms with Gasteiger partial charge in [0.1, 0.15) is 11.5 Å². The lowest BCUT2D eigenvalue weighted by atomic mass is 9.34. The zero-order valence-corrected chi connectivity index (χ0v) is 20.9. The molecule has 5 aromatic carbocycles. The van der Waals surface area contributed by atoms with Crippen LogP contribution in [0.5, 0.6) is 11.5 Å². The molecule has 3 aliphatic heterocycles. The molecule has 5 aromatic rings. The molecule has 0 N–H and O–H groups in total. The number of hydrogen-bond donors (Lipinski definition) is 0. The maximum absolute atomic E-state index is 6.71. The number of ether oxygens (including phenoxy) is 1. The molecule has 0 aromatic heterocycles. The van der Waals surface area contributed by atoms with Crippen molar-refractivity contribution in [1.82, 2.24) is 0 Å². The molecule has 0 bridgehead atoms. The van der Waals surface area contributed by atoms with Crippen molar-refractivity contribution in [1.29, 1.82) is 0 Å². The van der Waals surface area contributed by atoms with Gasteiger partial charge < -0.3 is 9.64 Å². The monoisotopic (exact) mass is 479 g/mol. The summed E-state index contributed by atoms with van der Waals surface area (Å²) in [5.74, 6) is 1.92. The van der Waals surface area contributed by atoms with Crippen LogP contribution >= 0.6 is 11.8 Å². The summed E-state index contributed by atoms with van der Waals surface area (Å²) in [5, 5.41) is 0. The summed E-state index contributed by atoms with van der Waals surface area (Å²) in [4.78, 5) is 5.02. The van der Waals surface area contributed by atoms with Crippen LogP contribution in [0.15, 0.2) is 107 Å². The molecule has 4 heteroatoms. The molecule has 2 nitrogen and oxygen atoms in total. The topological polar surface area (TPSA) is 12.5 Å². The smallest absolute Gasteiger partial charge is 0.256 e. The minimum atomic E-state index is 0.143. The van der Waals surface area contributed by atoms with Gasteiger partial charge in [0.25, 0.3) is 6.71 Å². The predicted octanol–water partition coefficient (Wildman–Crippen LogP) is 6.84. The van der Waals surface area contributed by atoms with E-state index in [9.17, 15) is 0 Å². The number of para-hydroxylation sites is 2. The fourth-order valence-electron chi connectivity index (χ4n) is 6.29. The fraction of sp³-hybridized carbons (Fsp3) is 0.0625. The van der Waals surface area contributed by atoms with Gasteiger partial charge in [-0.25, -0.2) is 0 Å². The number of aryl methyl sites for hydroxylation is 2. The van der Waals surface area contributed by atoms with Crippen LogP contribution in [0.4, 0.5) is 17.1 Å². The van der Waals surface area contributed by atoms with Crippen molar-refractivity contribution in [2.24, 2.45) is 0 Å². The first-order valence-electron chi connectivity index (χ1n) is 12.4. The summed E-state index contributed by atoms with van der Waals surface area (Å²) in [6.45, 7) is 4.52. The lowest BCUT2D eigenvalue weighted by molar-refractivity contribution is 0.487. The van der Waals surface area contributed by atoms with Gasteiger partial charge >= 0.3 is 0 Å². The van der Waals surface area contributed by atoms with Crippen LogP contribution in [0.2, 0.25) is 0 Å². The van der Waals surface area contributed by atoms with Crippen LogP contribution in [0, 0.1) is 13.8 Å². The molecular weight excluding hydrogens is 457 g/mol. The number of fused-ring (bicyclic) bond motifs is 7. The Morgan fingerprint density at radius 3 is 2.31 bits per heavy atom. The normalized spacial score (nSPS) is 13.8. The second-order valence-corrected chi connectivity index (χ2v) is 10.9. The van der Waals surface area contributed by atoms with Crippen LogP contribution in [0.3, 0.4) is 0 Å². The van der Waals surface area contributed by atoms with E-state index < -0.39 is 0 Å². The number of benzene rings is 5. The van der Waals surface area contributed by atoms with E-state index in [1.807, 2.05) is 11.8 Å². The zero-order valence-electron chi connectivity index (χ0n) is 20.1. The number of rotatable bonds is 1. The van der Waals surface area contributed by atoms with E-state index in [4.69, 9.17) is 4.74 Å². The molecule has 8 rings (SSSR count). The Morgan fingerprint density at radius 2 is 1.44 bits per heavy atom. The van der Waals surface area contributed by atoms with E-state index in [-0.39, 0.29) is 6.71 Å². The molecule has 0 amide bonds. The van der Waals surface area contributed by atoms with Crippen molar-refractivity contribution < 1.29 is 4.74 Å². The van der Waals surface area contributed by atoms with E-state index in [0.29, 0.717) is 0 Å². The summed E-state index contributed by atoms with van der Waals surface area (Å²) in [7, 11) is 0. The quantitative estimate of drug-likeness (QED) is 0.239. The molecule has 0 fully saturated rings. The van der Waals surface area contributed by atoms with Crippen molar-refractivity contribution in [3.63, 3.8) is 0 Å². The largest absolute Gasteiger partial charge is 0.458 e. The highest BCUT2D eigenvalue weighted by Crippen LogP contribution is 2.53. The first kappa shape index (κ1) is 20.3. The Balaban J connectivity index is 1.39. The van der Waals surface area contributed by atoms with E-state index >= 15 is 0 Å². The van der Waals surface area contributed by atoms with Crippen LogP contribution in [-0.2, 0) is 0 Å². The van der Waals surface area contributed by atoms with Gasteiger partial charge in [0.15, 0.2) is 0 Å². The van der Waals surface area contributed by atoms with Gasteiger partial charge in [-0.3, -0.25) is 0 Å². The SMILES string of the molecule is Cc1cccc(C)c1-c1ccc2c(c1)Oc1ccc3c4c1B2c1ccccc1N4c1ccccc1S3. The van der Waals surface area contributed by atoms with Crippen molar-refractivity contribution >= 4 is 51.9 Å². The van der Waals surface area contributed by atoms with Gasteiger partial charge in [-0.1, -0.05) is 72.4 Å².